The van der Waals surface area contributed by atoms with Crippen molar-refractivity contribution in [1.29, 1.82) is 5.26 Å². The van der Waals surface area contributed by atoms with E-state index in [4.69, 9.17) is 18.7 Å². The predicted octanol–water partition coefficient (Wildman–Crippen LogP) is 5.35. The lowest BCUT2D eigenvalue weighted by Crippen LogP contribution is -2.07. The Bertz CT molecular complexity index is 1160. The first-order valence-electron chi connectivity index (χ1n) is 11.4. The highest BCUT2D eigenvalue weighted by molar-refractivity contribution is 5.69. The second kappa shape index (κ2) is 11.8. The van der Waals surface area contributed by atoms with Crippen LogP contribution in [0.2, 0.25) is 0 Å². The first-order chi connectivity index (χ1) is 16.4. The fourth-order valence-electron chi connectivity index (χ4n) is 3.37. The summed E-state index contributed by atoms with van der Waals surface area (Å²) in [6.45, 7) is 8.45. The second-order valence-electron chi connectivity index (χ2n) is 7.84. The Morgan fingerprint density at radius 1 is 1.18 bits per heavy atom. The number of esters is 1. The first-order valence-corrected chi connectivity index (χ1v) is 11.4. The van der Waals surface area contributed by atoms with Crippen molar-refractivity contribution in [3.8, 4) is 40.4 Å². The third kappa shape index (κ3) is 6.35. The molecule has 0 radical (unpaired) electrons. The minimum atomic E-state index is -0.215. The SMILES string of the molecule is CCOC(=O)CCCOc1ccc(-c2noc(-c3ccc(OC(C)C)c(C#N)c3)n2)c(CC)c1. The van der Waals surface area contributed by atoms with E-state index in [0.717, 1.165) is 17.5 Å². The molecule has 0 fully saturated rings. The van der Waals surface area contributed by atoms with Crippen LogP contribution in [0, 0.1) is 11.3 Å². The molecule has 2 aromatic carbocycles. The van der Waals surface area contributed by atoms with Crippen LogP contribution >= 0.6 is 0 Å². The van der Waals surface area contributed by atoms with E-state index >= 15 is 0 Å². The van der Waals surface area contributed by atoms with Gasteiger partial charge < -0.3 is 18.7 Å². The molecule has 1 heterocycles. The van der Waals surface area contributed by atoms with Crippen LogP contribution in [0.5, 0.6) is 11.5 Å². The number of benzene rings is 2. The van der Waals surface area contributed by atoms with Gasteiger partial charge >= 0.3 is 5.97 Å². The van der Waals surface area contributed by atoms with Gasteiger partial charge in [-0.15, -0.1) is 0 Å². The standard InChI is InChI=1S/C26H29N3O5/c1-5-18-15-21(32-13-7-8-24(30)31-6-2)10-11-22(18)25-28-26(34-29-25)19-9-12-23(33-17(3)4)20(14-19)16-27/h9-12,14-15,17H,5-8,13H2,1-4H3. The summed E-state index contributed by atoms with van der Waals surface area (Å²) in [5.41, 5.74) is 2.90. The highest BCUT2D eigenvalue weighted by atomic mass is 16.5. The topological polar surface area (TPSA) is 107 Å². The molecule has 0 bridgehead atoms. The van der Waals surface area contributed by atoms with E-state index < -0.39 is 0 Å². The molecule has 0 saturated carbocycles. The number of aryl methyl sites for hydroxylation is 1. The maximum absolute atomic E-state index is 11.4. The van der Waals surface area contributed by atoms with Crippen molar-refractivity contribution in [1.82, 2.24) is 10.1 Å². The summed E-state index contributed by atoms with van der Waals surface area (Å²) in [4.78, 5) is 16.0. The van der Waals surface area contributed by atoms with Crippen molar-refractivity contribution < 1.29 is 23.5 Å². The van der Waals surface area contributed by atoms with E-state index in [-0.39, 0.29) is 12.1 Å². The van der Waals surface area contributed by atoms with Crippen LogP contribution in [0.3, 0.4) is 0 Å². The van der Waals surface area contributed by atoms with Crippen LogP contribution < -0.4 is 9.47 Å². The molecule has 8 heteroatoms. The number of carbonyl (C=O) groups excluding carboxylic acids is 1. The lowest BCUT2D eigenvalue weighted by atomic mass is 10.0. The van der Waals surface area contributed by atoms with E-state index in [1.54, 1.807) is 25.1 Å². The monoisotopic (exact) mass is 463 g/mol. The Labute approximate surface area is 199 Å². The summed E-state index contributed by atoms with van der Waals surface area (Å²) in [5, 5.41) is 13.6. The highest BCUT2D eigenvalue weighted by Gasteiger charge is 2.16. The van der Waals surface area contributed by atoms with Gasteiger partial charge in [-0.3, -0.25) is 4.79 Å². The third-order valence-electron chi connectivity index (χ3n) is 4.93. The van der Waals surface area contributed by atoms with Gasteiger partial charge in [0.05, 0.1) is 24.9 Å². The number of nitrogens with zero attached hydrogens (tertiary/aromatic N) is 3. The minimum Gasteiger partial charge on any atom is -0.494 e. The van der Waals surface area contributed by atoms with Crippen molar-refractivity contribution in [3.05, 3.63) is 47.5 Å². The molecule has 178 valence electrons. The number of rotatable bonds is 11. The highest BCUT2D eigenvalue weighted by Crippen LogP contribution is 2.30. The van der Waals surface area contributed by atoms with Crippen LogP contribution in [-0.4, -0.2) is 35.4 Å². The normalized spacial score (nSPS) is 10.7. The molecule has 34 heavy (non-hydrogen) atoms. The van der Waals surface area contributed by atoms with Crippen molar-refractivity contribution in [2.24, 2.45) is 0 Å². The Balaban J connectivity index is 1.73. The molecule has 3 rings (SSSR count). The molecule has 0 saturated heterocycles. The largest absolute Gasteiger partial charge is 0.494 e. The Morgan fingerprint density at radius 3 is 2.71 bits per heavy atom. The van der Waals surface area contributed by atoms with E-state index in [2.05, 4.69) is 16.2 Å². The molecule has 0 aliphatic carbocycles. The molecule has 3 aromatic rings. The second-order valence-corrected chi connectivity index (χ2v) is 7.84. The van der Waals surface area contributed by atoms with E-state index in [9.17, 15) is 10.1 Å². The molecule has 0 aliphatic rings. The van der Waals surface area contributed by atoms with Crippen LogP contribution in [0.1, 0.15) is 51.7 Å². The molecule has 0 atom stereocenters. The van der Waals surface area contributed by atoms with Crippen LogP contribution in [0.25, 0.3) is 22.8 Å². The number of nitriles is 1. The zero-order valence-corrected chi connectivity index (χ0v) is 20.0. The van der Waals surface area contributed by atoms with Gasteiger partial charge in [0.25, 0.3) is 5.89 Å². The number of hydrogen-bond acceptors (Lipinski definition) is 8. The maximum Gasteiger partial charge on any atom is 0.305 e. The molecule has 0 spiro atoms. The molecular weight excluding hydrogens is 434 g/mol. The summed E-state index contributed by atoms with van der Waals surface area (Å²) in [6.07, 6.45) is 1.63. The quantitative estimate of drug-likeness (QED) is 0.277. The van der Waals surface area contributed by atoms with E-state index in [1.165, 1.54) is 0 Å². The molecule has 0 N–H and O–H groups in total. The van der Waals surface area contributed by atoms with Gasteiger partial charge in [0.2, 0.25) is 5.82 Å². The lowest BCUT2D eigenvalue weighted by Gasteiger charge is -2.11. The molecule has 8 nitrogen and oxygen atoms in total. The summed E-state index contributed by atoms with van der Waals surface area (Å²) in [5.74, 6) is 1.80. The maximum atomic E-state index is 11.4. The lowest BCUT2D eigenvalue weighted by molar-refractivity contribution is -0.143. The molecule has 0 amide bonds. The average Bonchev–Trinajstić information content (AvgIpc) is 3.32. The van der Waals surface area contributed by atoms with E-state index in [1.807, 2.05) is 39.0 Å². The van der Waals surface area contributed by atoms with Crippen molar-refractivity contribution in [3.63, 3.8) is 0 Å². The van der Waals surface area contributed by atoms with Gasteiger partial charge in [0.1, 0.15) is 17.6 Å². The summed E-state index contributed by atoms with van der Waals surface area (Å²) in [7, 11) is 0. The molecule has 0 unspecified atom stereocenters. The average molecular weight is 464 g/mol. The van der Waals surface area contributed by atoms with Gasteiger partial charge in [0, 0.05) is 17.5 Å². The van der Waals surface area contributed by atoms with Gasteiger partial charge in [-0.1, -0.05) is 12.1 Å². The molecule has 1 aromatic heterocycles. The number of carbonyl (C=O) groups is 1. The Morgan fingerprint density at radius 2 is 2.00 bits per heavy atom. The van der Waals surface area contributed by atoms with Gasteiger partial charge in [0.15, 0.2) is 0 Å². The summed E-state index contributed by atoms with van der Waals surface area (Å²) >= 11 is 0. The molecule has 0 aliphatic heterocycles. The van der Waals surface area contributed by atoms with E-state index in [0.29, 0.717) is 60.4 Å². The van der Waals surface area contributed by atoms with Gasteiger partial charge in [-0.2, -0.15) is 10.2 Å². The predicted molar refractivity (Wildman–Crippen MR) is 126 cm³/mol. The van der Waals surface area contributed by atoms with Gasteiger partial charge in [-0.25, -0.2) is 0 Å². The number of aromatic nitrogens is 2. The zero-order valence-electron chi connectivity index (χ0n) is 20.0. The van der Waals surface area contributed by atoms with Gasteiger partial charge in [-0.05, 0) is 75.6 Å². The smallest absolute Gasteiger partial charge is 0.305 e. The molecular formula is C26H29N3O5. The third-order valence-corrected chi connectivity index (χ3v) is 4.93. The number of hydrogen-bond donors (Lipinski definition) is 0. The first kappa shape index (κ1) is 24.8. The van der Waals surface area contributed by atoms with Crippen molar-refractivity contribution in [2.45, 2.75) is 53.1 Å². The fraction of sp³-hybridized carbons (Fsp3) is 0.385. The zero-order chi connectivity index (χ0) is 24.5. The number of ether oxygens (including phenoxy) is 3. The van der Waals surface area contributed by atoms with Crippen LogP contribution in [0.4, 0.5) is 0 Å². The Hall–Kier alpha value is -3.86. The minimum absolute atomic E-state index is 0.0371. The Kier molecular flexibility index (Phi) is 8.63. The summed E-state index contributed by atoms with van der Waals surface area (Å²) in [6, 6.07) is 13.1. The van der Waals surface area contributed by atoms with Crippen molar-refractivity contribution >= 4 is 5.97 Å². The fourth-order valence-corrected chi connectivity index (χ4v) is 3.37. The van der Waals surface area contributed by atoms with Crippen molar-refractivity contribution in [2.75, 3.05) is 13.2 Å². The van der Waals surface area contributed by atoms with Crippen LogP contribution in [-0.2, 0) is 16.0 Å². The van der Waals surface area contributed by atoms with Crippen LogP contribution in [0.15, 0.2) is 40.9 Å². The summed E-state index contributed by atoms with van der Waals surface area (Å²) < 4.78 is 21.9.